The van der Waals surface area contributed by atoms with Gasteiger partial charge in [-0.2, -0.15) is 13.2 Å². The topological polar surface area (TPSA) is 59.0 Å². The summed E-state index contributed by atoms with van der Waals surface area (Å²) in [5.74, 6) is 1.17. The number of nitrogens with zero attached hydrogens (tertiary/aromatic N) is 3. The van der Waals surface area contributed by atoms with Crippen LogP contribution in [0.3, 0.4) is 0 Å². The monoisotopic (exact) mass is 564 g/mol. The minimum Gasteiger partial charge on any atom is -0.468 e. The standard InChI is InChI=1S/C22H27F3N4O2.HI/c1-26-21(28-12-18-7-8-20(27-11-18)31-16-22(23,24)25)29-10-9-19(13-29)15-30-14-17-5-3-2-4-6-17;/h2-8,11,19H,9-10,12-16H2,1H3,(H,26,28);1H. The number of pyridine rings is 1. The van der Waals surface area contributed by atoms with E-state index in [1.165, 1.54) is 17.8 Å². The molecular weight excluding hydrogens is 536 g/mol. The number of likely N-dealkylation sites (tertiary alicyclic amines) is 1. The number of hydrogen-bond acceptors (Lipinski definition) is 4. The molecule has 1 atom stereocenters. The first-order chi connectivity index (χ1) is 14.9. The molecule has 2 aromatic rings. The summed E-state index contributed by atoms with van der Waals surface area (Å²) in [7, 11) is 1.73. The number of guanidine groups is 1. The van der Waals surface area contributed by atoms with Gasteiger partial charge in [0.1, 0.15) is 0 Å². The number of aliphatic imine (C=N–C) groups is 1. The van der Waals surface area contributed by atoms with Gasteiger partial charge in [0.2, 0.25) is 5.88 Å². The Hall–Kier alpha value is -2.08. The Morgan fingerprint density at radius 3 is 2.62 bits per heavy atom. The molecule has 0 amide bonds. The molecule has 6 nitrogen and oxygen atoms in total. The Bertz CT molecular complexity index is 835. The van der Waals surface area contributed by atoms with Gasteiger partial charge in [-0.25, -0.2) is 4.98 Å². The molecule has 0 radical (unpaired) electrons. The van der Waals surface area contributed by atoms with Gasteiger partial charge in [0, 0.05) is 44.9 Å². The van der Waals surface area contributed by atoms with Gasteiger partial charge in [-0.05, 0) is 17.5 Å². The normalized spacial score (nSPS) is 16.6. The second-order valence-corrected chi connectivity index (χ2v) is 7.41. The molecule has 1 aromatic heterocycles. The van der Waals surface area contributed by atoms with Gasteiger partial charge in [-0.1, -0.05) is 36.4 Å². The number of hydrogen-bond donors (Lipinski definition) is 1. The molecule has 0 saturated carbocycles. The van der Waals surface area contributed by atoms with Crippen LogP contribution < -0.4 is 10.1 Å². The number of nitrogens with one attached hydrogen (secondary N) is 1. The third-order valence-corrected chi connectivity index (χ3v) is 4.89. The fourth-order valence-corrected chi connectivity index (χ4v) is 3.35. The summed E-state index contributed by atoms with van der Waals surface area (Å²) in [5.41, 5.74) is 1.99. The lowest BCUT2D eigenvalue weighted by Crippen LogP contribution is -2.39. The summed E-state index contributed by atoms with van der Waals surface area (Å²) in [6, 6.07) is 13.2. The lowest BCUT2D eigenvalue weighted by Gasteiger charge is -2.21. The molecule has 1 aliphatic heterocycles. The average molecular weight is 564 g/mol. The Kier molecular flexibility index (Phi) is 10.5. The number of halogens is 4. The molecule has 1 aliphatic rings. The predicted octanol–water partition coefficient (Wildman–Crippen LogP) is 4.25. The van der Waals surface area contributed by atoms with Crippen LogP contribution in [-0.4, -0.2) is 55.4 Å². The van der Waals surface area contributed by atoms with E-state index in [2.05, 4.69) is 37.1 Å². The Morgan fingerprint density at radius 2 is 1.97 bits per heavy atom. The Labute approximate surface area is 203 Å². The second kappa shape index (κ2) is 12.8. The van der Waals surface area contributed by atoms with E-state index in [-0.39, 0.29) is 29.9 Å². The minimum atomic E-state index is -4.38. The van der Waals surface area contributed by atoms with Gasteiger partial charge in [0.15, 0.2) is 12.6 Å². The zero-order valence-corrected chi connectivity index (χ0v) is 20.2. The molecule has 32 heavy (non-hydrogen) atoms. The molecule has 176 valence electrons. The number of benzene rings is 1. The van der Waals surface area contributed by atoms with Gasteiger partial charge in [0.05, 0.1) is 13.2 Å². The fraction of sp³-hybridized carbons (Fsp3) is 0.455. The molecule has 0 spiro atoms. The van der Waals surface area contributed by atoms with Crippen molar-refractivity contribution in [3.63, 3.8) is 0 Å². The molecule has 0 bridgehead atoms. The Balaban J connectivity index is 0.00000363. The van der Waals surface area contributed by atoms with Crippen LogP contribution in [0.1, 0.15) is 17.5 Å². The highest BCUT2D eigenvalue weighted by molar-refractivity contribution is 14.0. The van der Waals surface area contributed by atoms with Gasteiger partial charge >= 0.3 is 6.18 Å². The molecule has 10 heteroatoms. The first-order valence-electron chi connectivity index (χ1n) is 10.1. The Morgan fingerprint density at radius 1 is 1.19 bits per heavy atom. The molecule has 1 fully saturated rings. The van der Waals surface area contributed by atoms with Gasteiger partial charge in [-0.3, -0.25) is 4.99 Å². The van der Waals surface area contributed by atoms with Crippen LogP contribution in [0.15, 0.2) is 53.7 Å². The smallest absolute Gasteiger partial charge is 0.422 e. The van der Waals surface area contributed by atoms with Gasteiger partial charge in [0.25, 0.3) is 0 Å². The average Bonchev–Trinajstić information content (AvgIpc) is 3.22. The summed E-state index contributed by atoms with van der Waals surface area (Å²) in [6.07, 6.45) is -1.85. The van der Waals surface area contributed by atoms with Crippen LogP contribution in [0.2, 0.25) is 0 Å². The third-order valence-electron chi connectivity index (χ3n) is 4.89. The summed E-state index contributed by atoms with van der Waals surface area (Å²) < 4.78 is 47.1. The molecule has 0 aliphatic carbocycles. The summed E-state index contributed by atoms with van der Waals surface area (Å²) in [5, 5.41) is 3.28. The second-order valence-electron chi connectivity index (χ2n) is 7.41. The summed E-state index contributed by atoms with van der Waals surface area (Å²) >= 11 is 0. The zero-order chi connectivity index (χ0) is 22.1. The van der Waals surface area contributed by atoms with Crippen LogP contribution in [0.25, 0.3) is 0 Å². The molecule has 2 heterocycles. The van der Waals surface area contributed by atoms with E-state index >= 15 is 0 Å². The molecule has 1 N–H and O–H groups in total. The van der Waals surface area contributed by atoms with E-state index in [0.717, 1.165) is 31.0 Å². The van der Waals surface area contributed by atoms with Crippen LogP contribution in [0.4, 0.5) is 13.2 Å². The third kappa shape index (κ3) is 8.81. The zero-order valence-electron chi connectivity index (χ0n) is 17.8. The largest absolute Gasteiger partial charge is 0.468 e. The number of aromatic nitrogens is 1. The molecule has 1 saturated heterocycles. The van der Waals surface area contributed by atoms with Crippen molar-refractivity contribution in [2.75, 3.05) is 33.4 Å². The van der Waals surface area contributed by atoms with E-state index in [1.807, 2.05) is 18.2 Å². The van der Waals surface area contributed by atoms with Gasteiger partial charge < -0.3 is 19.7 Å². The van der Waals surface area contributed by atoms with Crippen molar-refractivity contribution in [3.05, 3.63) is 59.8 Å². The molecular formula is C22H28F3IN4O2. The highest BCUT2D eigenvalue weighted by atomic mass is 127. The highest BCUT2D eigenvalue weighted by Gasteiger charge is 2.28. The SMILES string of the molecule is CN=C(NCc1ccc(OCC(F)(F)F)nc1)N1CCC(COCc2ccccc2)C1.I. The van der Waals surface area contributed by atoms with Crippen molar-refractivity contribution >= 4 is 29.9 Å². The van der Waals surface area contributed by atoms with E-state index in [1.54, 1.807) is 13.1 Å². The van der Waals surface area contributed by atoms with Crippen molar-refractivity contribution in [2.45, 2.75) is 25.7 Å². The van der Waals surface area contributed by atoms with E-state index in [0.29, 0.717) is 25.7 Å². The van der Waals surface area contributed by atoms with Crippen molar-refractivity contribution in [1.29, 1.82) is 0 Å². The fourth-order valence-electron chi connectivity index (χ4n) is 3.35. The van der Waals surface area contributed by atoms with E-state index in [9.17, 15) is 13.2 Å². The van der Waals surface area contributed by atoms with Gasteiger partial charge in [-0.15, -0.1) is 24.0 Å². The number of rotatable bonds is 8. The quantitative estimate of drug-likeness (QED) is 0.295. The number of ether oxygens (including phenoxy) is 2. The molecule has 1 aromatic carbocycles. The van der Waals surface area contributed by atoms with Crippen molar-refractivity contribution in [3.8, 4) is 5.88 Å². The maximum atomic E-state index is 12.2. The van der Waals surface area contributed by atoms with Crippen LogP contribution in [0.5, 0.6) is 5.88 Å². The van der Waals surface area contributed by atoms with E-state index in [4.69, 9.17) is 4.74 Å². The van der Waals surface area contributed by atoms with Crippen LogP contribution in [0, 0.1) is 5.92 Å². The maximum Gasteiger partial charge on any atom is 0.422 e. The van der Waals surface area contributed by atoms with Crippen LogP contribution >= 0.6 is 24.0 Å². The molecule has 1 unspecified atom stereocenters. The minimum absolute atomic E-state index is 0. The lowest BCUT2D eigenvalue weighted by atomic mass is 10.1. The first-order valence-corrected chi connectivity index (χ1v) is 10.1. The van der Waals surface area contributed by atoms with Crippen molar-refractivity contribution in [2.24, 2.45) is 10.9 Å². The van der Waals surface area contributed by atoms with Crippen molar-refractivity contribution in [1.82, 2.24) is 15.2 Å². The van der Waals surface area contributed by atoms with Crippen molar-refractivity contribution < 1.29 is 22.6 Å². The highest BCUT2D eigenvalue weighted by Crippen LogP contribution is 2.18. The summed E-state index contributed by atoms with van der Waals surface area (Å²) in [6.45, 7) is 2.17. The molecule has 3 rings (SSSR count). The lowest BCUT2D eigenvalue weighted by molar-refractivity contribution is -0.154. The summed E-state index contributed by atoms with van der Waals surface area (Å²) in [4.78, 5) is 10.4. The van der Waals surface area contributed by atoms with Crippen LogP contribution in [-0.2, 0) is 17.9 Å². The maximum absolute atomic E-state index is 12.2. The first kappa shape index (κ1) is 26.2. The number of alkyl halides is 3. The predicted molar refractivity (Wildman–Crippen MR) is 127 cm³/mol. The van der Waals surface area contributed by atoms with E-state index < -0.39 is 12.8 Å².